The number of nitrogens with one attached hydrogen (secondary N) is 1. The van der Waals surface area contributed by atoms with Crippen molar-refractivity contribution in [3.05, 3.63) is 0 Å². The molecule has 18 heavy (non-hydrogen) atoms. The third-order valence-corrected chi connectivity index (χ3v) is 5.16. The molecular weight excluding hydrogens is 224 g/mol. The molecule has 3 unspecified atom stereocenters. The van der Waals surface area contributed by atoms with Gasteiger partial charge in [-0.2, -0.15) is 0 Å². The molecule has 2 N–H and O–H groups in total. The molecular formula is C15H28N2O. The number of hydrogen-bond donors (Lipinski definition) is 2. The van der Waals surface area contributed by atoms with Crippen molar-refractivity contribution in [3.8, 4) is 0 Å². The number of nitrogens with zero attached hydrogens (tertiary/aromatic N) is 1. The average molecular weight is 252 g/mol. The fourth-order valence-corrected chi connectivity index (χ4v) is 3.91. The summed E-state index contributed by atoms with van der Waals surface area (Å²) < 4.78 is 0. The molecule has 3 heteroatoms. The zero-order chi connectivity index (χ0) is 12.4. The van der Waals surface area contributed by atoms with Gasteiger partial charge in [-0.1, -0.05) is 12.8 Å². The number of fused-ring (bicyclic) bond motifs is 1. The van der Waals surface area contributed by atoms with E-state index in [0.29, 0.717) is 18.7 Å². The van der Waals surface area contributed by atoms with Crippen LogP contribution in [0, 0.1) is 5.92 Å². The van der Waals surface area contributed by atoms with Crippen molar-refractivity contribution in [2.24, 2.45) is 5.92 Å². The van der Waals surface area contributed by atoms with Crippen LogP contribution in [0.15, 0.2) is 0 Å². The van der Waals surface area contributed by atoms with E-state index in [1.165, 1.54) is 58.0 Å². The summed E-state index contributed by atoms with van der Waals surface area (Å²) in [7, 11) is 0. The highest BCUT2D eigenvalue weighted by atomic mass is 16.3. The molecule has 3 aliphatic rings. The number of hydrogen-bond acceptors (Lipinski definition) is 3. The Morgan fingerprint density at radius 3 is 2.72 bits per heavy atom. The Bertz CT molecular complexity index is 267. The summed E-state index contributed by atoms with van der Waals surface area (Å²) in [6, 6.07) is 1.92. The first kappa shape index (κ1) is 12.9. The first-order valence-electron chi connectivity index (χ1n) is 7.98. The molecule has 0 aromatic rings. The molecule has 3 nitrogen and oxygen atoms in total. The van der Waals surface area contributed by atoms with Crippen LogP contribution in [-0.2, 0) is 0 Å². The lowest BCUT2D eigenvalue weighted by Crippen LogP contribution is -2.40. The van der Waals surface area contributed by atoms with E-state index in [1.54, 1.807) is 0 Å². The van der Waals surface area contributed by atoms with Gasteiger partial charge in [0.1, 0.15) is 0 Å². The fourth-order valence-electron chi connectivity index (χ4n) is 3.91. The van der Waals surface area contributed by atoms with E-state index in [-0.39, 0.29) is 0 Å². The van der Waals surface area contributed by atoms with Crippen LogP contribution in [0.5, 0.6) is 0 Å². The van der Waals surface area contributed by atoms with E-state index in [9.17, 15) is 5.11 Å². The molecule has 0 spiro atoms. The minimum Gasteiger partial charge on any atom is -0.395 e. The SMILES string of the molecule is OCC(CCN1CCC2CCCCC21)NC1CC1. The average Bonchev–Trinajstić information content (AvgIpc) is 3.13. The van der Waals surface area contributed by atoms with E-state index in [4.69, 9.17) is 0 Å². The molecule has 2 saturated carbocycles. The van der Waals surface area contributed by atoms with Gasteiger partial charge in [0, 0.05) is 24.7 Å². The predicted molar refractivity (Wildman–Crippen MR) is 73.6 cm³/mol. The normalized spacial score (nSPS) is 34.5. The summed E-state index contributed by atoms with van der Waals surface area (Å²) in [5, 5.41) is 13.0. The first-order valence-corrected chi connectivity index (χ1v) is 7.98. The Balaban J connectivity index is 1.44. The molecule has 0 aromatic carbocycles. The fraction of sp³-hybridized carbons (Fsp3) is 1.00. The third kappa shape index (κ3) is 3.06. The second kappa shape index (κ2) is 5.89. The molecule has 1 heterocycles. The van der Waals surface area contributed by atoms with Crippen LogP contribution in [0.25, 0.3) is 0 Å². The largest absolute Gasteiger partial charge is 0.395 e. The molecule has 3 fully saturated rings. The lowest BCUT2D eigenvalue weighted by molar-refractivity contribution is 0.162. The van der Waals surface area contributed by atoms with Gasteiger partial charge in [-0.05, 0) is 51.0 Å². The van der Waals surface area contributed by atoms with Gasteiger partial charge in [0.05, 0.1) is 6.61 Å². The van der Waals surface area contributed by atoms with Gasteiger partial charge in [0.15, 0.2) is 0 Å². The lowest BCUT2D eigenvalue weighted by Gasteiger charge is -2.32. The third-order valence-electron chi connectivity index (χ3n) is 5.16. The predicted octanol–water partition coefficient (Wildman–Crippen LogP) is 1.75. The van der Waals surface area contributed by atoms with Gasteiger partial charge in [-0.15, -0.1) is 0 Å². The van der Waals surface area contributed by atoms with Crippen LogP contribution in [0.2, 0.25) is 0 Å². The van der Waals surface area contributed by atoms with Gasteiger partial charge in [0.2, 0.25) is 0 Å². The monoisotopic (exact) mass is 252 g/mol. The Hall–Kier alpha value is -0.120. The molecule has 2 aliphatic carbocycles. The van der Waals surface area contributed by atoms with Crippen molar-refractivity contribution in [3.63, 3.8) is 0 Å². The number of aliphatic hydroxyl groups is 1. The van der Waals surface area contributed by atoms with E-state index < -0.39 is 0 Å². The van der Waals surface area contributed by atoms with Gasteiger partial charge in [0.25, 0.3) is 0 Å². The van der Waals surface area contributed by atoms with Crippen molar-refractivity contribution in [1.29, 1.82) is 0 Å². The molecule has 0 radical (unpaired) electrons. The second-order valence-corrected chi connectivity index (χ2v) is 6.55. The molecule has 3 atom stereocenters. The summed E-state index contributed by atoms with van der Waals surface area (Å²) in [6.45, 7) is 2.79. The molecule has 0 aromatic heterocycles. The second-order valence-electron chi connectivity index (χ2n) is 6.55. The van der Waals surface area contributed by atoms with Crippen LogP contribution in [0.3, 0.4) is 0 Å². The zero-order valence-corrected chi connectivity index (χ0v) is 11.5. The van der Waals surface area contributed by atoms with Crippen LogP contribution in [0.4, 0.5) is 0 Å². The Morgan fingerprint density at radius 1 is 1.11 bits per heavy atom. The van der Waals surface area contributed by atoms with Crippen molar-refractivity contribution in [1.82, 2.24) is 10.2 Å². The van der Waals surface area contributed by atoms with Crippen LogP contribution >= 0.6 is 0 Å². The highest BCUT2D eigenvalue weighted by Gasteiger charge is 2.35. The Morgan fingerprint density at radius 2 is 1.94 bits per heavy atom. The van der Waals surface area contributed by atoms with E-state index in [1.807, 2.05) is 0 Å². The van der Waals surface area contributed by atoms with Crippen LogP contribution in [0.1, 0.15) is 51.4 Å². The molecule has 1 aliphatic heterocycles. The lowest BCUT2D eigenvalue weighted by atomic mass is 9.85. The first-order chi connectivity index (χ1) is 8.86. The maximum absolute atomic E-state index is 9.43. The zero-order valence-electron chi connectivity index (χ0n) is 11.5. The minimum atomic E-state index is 0.304. The van der Waals surface area contributed by atoms with Crippen molar-refractivity contribution in [2.45, 2.75) is 69.5 Å². The Labute approximate surface area is 111 Å². The number of aliphatic hydroxyl groups excluding tert-OH is 1. The van der Waals surface area contributed by atoms with Gasteiger partial charge >= 0.3 is 0 Å². The van der Waals surface area contributed by atoms with Gasteiger partial charge in [-0.25, -0.2) is 0 Å². The number of likely N-dealkylation sites (tertiary alicyclic amines) is 1. The summed E-state index contributed by atoms with van der Waals surface area (Å²) in [5.41, 5.74) is 0. The Kier molecular flexibility index (Phi) is 4.22. The highest BCUT2D eigenvalue weighted by Crippen LogP contribution is 2.36. The van der Waals surface area contributed by atoms with Crippen LogP contribution in [-0.4, -0.2) is 47.8 Å². The van der Waals surface area contributed by atoms with Gasteiger partial charge < -0.3 is 15.3 Å². The summed E-state index contributed by atoms with van der Waals surface area (Å²) in [5.74, 6) is 0.989. The van der Waals surface area contributed by atoms with Gasteiger partial charge in [-0.3, -0.25) is 0 Å². The van der Waals surface area contributed by atoms with E-state index in [0.717, 1.165) is 18.4 Å². The maximum Gasteiger partial charge on any atom is 0.0585 e. The quantitative estimate of drug-likeness (QED) is 0.756. The maximum atomic E-state index is 9.43. The molecule has 104 valence electrons. The molecule has 3 rings (SSSR count). The van der Waals surface area contributed by atoms with Crippen molar-refractivity contribution >= 4 is 0 Å². The minimum absolute atomic E-state index is 0.304. The van der Waals surface area contributed by atoms with Crippen LogP contribution < -0.4 is 5.32 Å². The summed E-state index contributed by atoms with van der Waals surface area (Å²) in [6.07, 6.45) is 10.9. The van der Waals surface area contributed by atoms with Crippen molar-refractivity contribution < 1.29 is 5.11 Å². The summed E-state index contributed by atoms with van der Waals surface area (Å²) >= 11 is 0. The summed E-state index contributed by atoms with van der Waals surface area (Å²) in [4.78, 5) is 2.71. The number of rotatable bonds is 6. The standard InChI is InChI=1S/C15H28N2O/c18-11-14(16-13-5-6-13)8-10-17-9-7-12-3-1-2-4-15(12)17/h12-16,18H,1-11H2. The molecule has 1 saturated heterocycles. The topological polar surface area (TPSA) is 35.5 Å². The van der Waals surface area contributed by atoms with E-state index >= 15 is 0 Å². The molecule has 0 amide bonds. The molecule has 0 bridgehead atoms. The smallest absolute Gasteiger partial charge is 0.0585 e. The van der Waals surface area contributed by atoms with E-state index in [2.05, 4.69) is 10.2 Å². The van der Waals surface area contributed by atoms with Crippen molar-refractivity contribution in [2.75, 3.05) is 19.7 Å². The highest BCUT2D eigenvalue weighted by molar-refractivity contribution is 4.91.